The molecule has 1 aliphatic carbocycles. The molecule has 0 aromatic heterocycles. The van der Waals surface area contributed by atoms with Crippen molar-refractivity contribution < 1.29 is 57.9 Å². The van der Waals surface area contributed by atoms with Crippen LogP contribution in [0.15, 0.2) is 109 Å². The molecule has 2 amide bonds. The number of carbonyl (C=O) groups is 6. The predicted molar refractivity (Wildman–Crippen MR) is 212 cm³/mol. The molecule has 1 fully saturated rings. The Morgan fingerprint density at radius 1 is 0.517 bits per heavy atom. The Labute approximate surface area is 335 Å². The number of aliphatic carboxylic acids is 2. The number of rotatable bonds is 10. The first kappa shape index (κ1) is 42.4. The normalized spacial score (nSPS) is 20.4. The van der Waals surface area contributed by atoms with Crippen molar-refractivity contribution in [3.63, 3.8) is 0 Å². The first-order valence-electron chi connectivity index (χ1n) is 18.4. The number of benzene rings is 4. The van der Waals surface area contributed by atoms with Crippen LogP contribution in [-0.4, -0.2) is 68.7 Å². The number of carbonyl (C=O) groups excluding carboxylic acids is 4. The maximum atomic E-state index is 14.0. The number of nitrogens with one attached hydrogen (secondary N) is 2. The number of carboxylic acid groups (broad SMARTS) is 2. The topological polar surface area (TPSA) is 204 Å². The van der Waals surface area contributed by atoms with Gasteiger partial charge in [-0.3, -0.25) is 10.6 Å². The van der Waals surface area contributed by atoms with E-state index in [2.05, 4.69) is 10.6 Å². The molecule has 14 nitrogen and oxygen atoms in total. The SMILES string of the molecule is CC(C)(C)OC(=O)Nc1ccc(C(=O)OC2(C(=O)O)CC(c3ccccc3)C(OC(=O)c3ccc(NC(=O)OC(C)(C)C)cc3)(C(=O)O)CC2c2ccccc2)cc1. The lowest BCUT2D eigenvalue weighted by Gasteiger charge is -2.50. The van der Waals surface area contributed by atoms with Crippen molar-refractivity contribution in [1.29, 1.82) is 0 Å². The zero-order valence-corrected chi connectivity index (χ0v) is 32.9. The molecule has 4 unspecified atom stereocenters. The van der Waals surface area contributed by atoms with Gasteiger partial charge in [0.05, 0.1) is 11.1 Å². The Balaban J connectivity index is 1.53. The number of hydrogen-bond acceptors (Lipinski definition) is 10. The van der Waals surface area contributed by atoms with Crippen molar-refractivity contribution in [3.8, 4) is 0 Å². The zero-order chi connectivity index (χ0) is 42.5. The van der Waals surface area contributed by atoms with Gasteiger partial charge in [-0.25, -0.2) is 28.8 Å². The predicted octanol–water partition coefficient (Wildman–Crippen LogP) is 8.40. The molecule has 5 rings (SSSR count). The quantitative estimate of drug-likeness (QED) is 0.0883. The molecule has 0 saturated heterocycles. The molecule has 1 aliphatic rings. The van der Waals surface area contributed by atoms with Gasteiger partial charge in [0.2, 0.25) is 11.2 Å². The van der Waals surface area contributed by atoms with E-state index in [1.165, 1.54) is 48.5 Å². The molecule has 4 aromatic rings. The van der Waals surface area contributed by atoms with Gasteiger partial charge in [0.1, 0.15) is 11.2 Å². The molecule has 304 valence electrons. The molecule has 4 N–H and O–H groups in total. The summed E-state index contributed by atoms with van der Waals surface area (Å²) in [5.41, 5.74) is -5.14. The van der Waals surface area contributed by atoms with E-state index in [0.717, 1.165) is 0 Å². The van der Waals surface area contributed by atoms with Crippen molar-refractivity contribution in [2.45, 2.75) is 88.6 Å². The highest BCUT2D eigenvalue weighted by molar-refractivity contribution is 5.96. The number of amides is 2. The van der Waals surface area contributed by atoms with Crippen molar-refractivity contribution in [1.82, 2.24) is 0 Å². The largest absolute Gasteiger partial charge is 0.478 e. The van der Waals surface area contributed by atoms with E-state index >= 15 is 0 Å². The van der Waals surface area contributed by atoms with Crippen LogP contribution in [0.25, 0.3) is 0 Å². The van der Waals surface area contributed by atoms with Gasteiger partial charge in [-0.1, -0.05) is 60.7 Å². The van der Waals surface area contributed by atoms with Gasteiger partial charge in [0.15, 0.2) is 0 Å². The summed E-state index contributed by atoms with van der Waals surface area (Å²) < 4.78 is 22.6. The van der Waals surface area contributed by atoms with Crippen LogP contribution in [0, 0.1) is 0 Å². The zero-order valence-electron chi connectivity index (χ0n) is 32.9. The third-order valence-corrected chi connectivity index (χ3v) is 9.35. The summed E-state index contributed by atoms with van der Waals surface area (Å²) in [6, 6.07) is 27.3. The Morgan fingerprint density at radius 2 is 0.828 bits per heavy atom. The van der Waals surface area contributed by atoms with Gasteiger partial charge in [-0.15, -0.1) is 0 Å². The fourth-order valence-corrected chi connectivity index (χ4v) is 6.82. The molecule has 58 heavy (non-hydrogen) atoms. The maximum Gasteiger partial charge on any atom is 0.412 e. The summed E-state index contributed by atoms with van der Waals surface area (Å²) in [5, 5.41) is 27.3. The fraction of sp³-hybridized carbons (Fsp3) is 0.318. The second-order valence-electron chi connectivity index (χ2n) is 15.9. The highest BCUT2D eigenvalue weighted by Gasteiger charge is 2.66. The molecule has 4 aromatic carbocycles. The average molecular weight is 795 g/mol. The molecule has 0 aliphatic heterocycles. The van der Waals surface area contributed by atoms with Crippen molar-refractivity contribution >= 4 is 47.4 Å². The van der Waals surface area contributed by atoms with E-state index in [1.54, 1.807) is 102 Å². The summed E-state index contributed by atoms with van der Waals surface area (Å²) >= 11 is 0. The van der Waals surface area contributed by atoms with Crippen LogP contribution in [0.2, 0.25) is 0 Å². The lowest BCUT2D eigenvalue weighted by Crippen LogP contribution is -2.62. The summed E-state index contributed by atoms with van der Waals surface area (Å²) in [7, 11) is 0. The summed E-state index contributed by atoms with van der Waals surface area (Å²) in [5.74, 6) is -7.85. The first-order valence-corrected chi connectivity index (χ1v) is 18.4. The van der Waals surface area contributed by atoms with Crippen molar-refractivity contribution in [2.75, 3.05) is 10.6 Å². The second kappa shape index (κ2) is 16.8. The van der Waals surface area contributed by atoms with Crippen LogP contribution in [0.3, 0.4) is 0 Å². The minimum Gasteiger partial charge on any atom is -0.478 e. The molecule has 1 saturated carbocycles. The van der Waals surface area contributed by atoms with Crippen molar-refractivity contribution in [2.24, 2.45) is 0 Å². The van der Waals surface area contributed by atoms with E-state index in [9.17, 15) is 39.0 Å². The monoisotopic (exact) mass is 794 g/mol. The Bertz CT molecular complexity index is 1990. The van der Waals surface area contributed by atoms with E-state index in [0.29, 0.717) is 22.5 Å². The minimum absolute atomic E-state index is 0.0514. The van der Waals surface area contributed by atoms with Gasteiger partial charge in [-0.05, 0) is 101 Å². The molecule has 4 atom stereocenters. The molecule has 0 radical (unpaired) electrons. The number of carboxylic acids is 2. The third kappa shape index (κ3) is 9.99. The molecular formula is C44H46N2O12. The van der Waals surface area contributed by atoms with E-state index in [-0.39, 0.29) is 11.1 Å². The molecule has 0 spiro atoms. The maximum absolute atomic E-state index is 14.0. The lowest BCUT2D eigenvalue weighted by molar-refractivity contribution is -0.187. The standard InChI is InChI=1S/C44H46N2O12/c1-41(2,3)57-39(53)45-31-21-17-29(18-22-31)35(47)55-43(37(49)50)25-34(28-15-11-8-12-16-28)44(38(51)52,26-33(43)27-13-9-7-10-14-27)56-36(48)30-19-23-32(24-20-30)46-40(54)58-42(4,5)6/h7-24,33-34H,25-26H2,1-6H3,(H,45,53)(H,46,54)(H,49,50)(H,51,52). The summed E-state index contributed by atoms with van der Waals surface area (Å²) in [6.07, 6.45) is -2.67. The number of anilines is 2. The van der Waals surface area contributed by atoms with Gasteiger partial charge < -0.3 is 29.2 Å². The highest BCUT2D eigenvalue weighted by atomic mass is 16.6. The molecule has 0 heterocycles. The summed E-state index contributed by atoms with van der Waals surface area (Å²) in [4.78, 5) is 79.8. The second-order valence-corrected chi connectivity index (χ2v) is 15.9. The molecule has 0 bridgehead atoms. The Morgan fingerprint density at radius 3 is 1.10 bits per heavy atom. The molecule has 14 heteroatoms. The van der Waals surface area contributed by atoms with Crippen LogP contribution < -0.4 is 10.6 Å². The van der Waals surface area contributed by atoms with Crippen molar-refractivity contribution in [3.05, 3.63) is 131 Å². The lowest BCUT2D eigenvalue weighted by atomic mass is 9.59. The van der Waals surface area contributed by atoms with E-state index in [4.69, 9.17) is 18.9 Å². The van der Waals surface area contributed by atoms with Crippen LogP contribution in [-0.2, 0) is 28.5 Å². The Kier molecular flexibility index (Phi) is 12.3. The van der Waals surface area contributed by atoms with Crippen LogP contribution in [0.1, 0.15) is 98.1 Å². The first-order chi connectivity index (χ1) is 27.2. The third-order valence-electron chi connectivity index (χ3n) is 9.35. The fourth-order valence-electron chi connectivity index (χ4n) is 6.82. The van der Waals surface area contributed by atoms with E-state index < -0.39 is 83.1 Å². The van der Waals surface area contributed by atoms with Gasteiger partial charge in [0, 0.05) is 36.1 Å². The number of hydrogen-bond donors (Lipinski definition) is 4. The molecular weight excluding hydrogens is 748 g/mol. The van der Waals surface area contributed by atoms with Gasteiger partial charge >= 0.3 is 36.1 Å². The number of esters is 2. The van der Waals surface area contributed by atoms with Crippen LogP contribution in [0.5, 0.6) is 0 Å². The Hall–Kier alpha value is -6.70. The van der Waals surface area contributed by atoms with Gasteiger partial charge in [-0.2, -0.15) is 0 Å². The average Bonchev–Trinajstić information content (AvgIpc) is 3.14. The summed E-state index contributed by atoms with van der Waals surface area (Å²) in [6.45, 7) is 10.2. The minimum atomic E-state index is -2.38. The van der Waals surface area contributed by atoms with Gasteiger partial charge in [0.25, 0.3) is 0 Å². The van der Waals surface area contributed by atoms with E-state index in [1.807, 2.05) is 0 Å². The highest BCUT2D eigenvalue weighted by Crippen LogP contribution is 2.55. The smallest absolute Gasteiger partial charge is 0.412 e. The van der Waals surface area contributed by atoms with Crippen LogP contribution >= 0.6 is 0 Å². The number of ether oxygens (including phenoxy) is 4. The van der Waals surface area contributed by atoms with Crippen LogP contribution in [0.4, 0.5) is 21.0 Å².